The third-order valence-corrected chi connectivity index (χ3v) is 5.13. The van der Waals surface area contributed by atoms with Crippen LogP contribution in [0.3, 0.4) is 0 Å². The quantitative estimate of drug-likeness (QED) is 0.850. The maximum atomic E-state index is 12.3. The molecule has 0 bridgehead atoms. The lowest BCUT2D eigenvalue weighted by molar-refractivity contribution is -0.142. The molecular weight excluding hydrogens is 286 g/mol. The topological polar surface area (TPSA) is 45.7 Å². The number of hydrogen-bond donors (Lipinski definition) is 0. The molecule has 0 aromatic carbocycles. The molecule has 6 heteroatoms. The maximum absolute atomic E-state index is 12.3. The summed E-state index contributed by atoms with van der Waals surface area (Å²) in [5.41, 5.74) is 3.02. The summed E-state index contributed by atoms with van der Waals surface area (Å²) in [5.74, 6) is 0.202. The van der Waals surface area contributed by atoms with E-state index in [1.54, 1.807) is 11.3 Å². The first-order valence-electron chi connectivity index (χ1n) is 7.72. The maximum Gasteiger partial charge on any atom is 0.251 e. The normalized spacial score (nSPS) is 23.9. The van der Waals surface area contributed by atoms with Crippen LogP contribution in [-0.2, 0) is 16.1 Å². The predicted octanol–water partition coefficient (Wildman–Crippen LogP) is 1.74. The van der Waals surface area contributed by atoms with E-state index in [0.717, 1.165) is 57.6 Å². The van der Waals surface area contributed by atoms with Gasteiger partial charge in [-0.05, 0) is 32.7 Å². The van der Waals surface area contributed by atoms with Crippen LogP contribution in [0.15, 0.2) is 10.9 Å². The molecule has 0 N–H and O–H groups in total. The molecule has 1 aromatic heterocycles. The van der Waals surface area contributed by atoms with E-state index >= 15 is 0 Å². The van der Waals surface area contributed by atoms with Crippen LogP contribution in [-0.4, -0.2) is 59.6 Å². The molecule has 2 aliphatic heterocycles. The van der Waals surface area contributed by atoms with Gasteiger partial charge in [-0.3, -0.25) is 9.69 Å². The Labute approximate surface area is 129 Å². The van der Waals surface area contributed by atoms with Crippen molar-refractivity contribution in [2.24, 2.45) is 0 Å². The number of thiazole rings is 1. The van der Waals surface area contributed by atoms with Gasteiger partial charge in [-0.1, -0.05) is 0 Å². The fourth-order valence-corrected chi connectivity index (χ4v) is 3.75. The first-order valence-corrected chi connectivity index (χ1v) is 8.66. The molecule has 2 saturated heterocycles. The average Bonchev–Trinajstić information content (AvgIpc) is 3.20. The Balaban J connectivity index is 1.47. The van der Waals surface area contributed by atoms with Gasteiger partial charge in [-0.15, -0.1) is 11.3 Å². The van der Waals surface area contributed by atoms with E-state index in [0.29, 0.717) is 6.04 Å². The first kappa shape index (κ1) is 14.9. The number of hydrogen-bond acceptors (Lipinski definition) is 5. The van der Waals surface area contributed by atoms with Crippen LogP contribution in [0.4, 0.5) is 0 Å². The number of carbonyl (C=O) groups excluding carboxylic acids is 1. The number of amides is 1. The smallest absolute Gasteiger partial charge is 0.251 e. The van der Waals surface area contributed by atoms with Gasteiger partial charge in [0.25, 0.3) is 5.91 Å². The van der Waals surface area contributed by atoms with E-state index in [2.05, 4.69) is 22.3 Å². The van der Waals surface area contributed by atoms with E-state index in [1.807, 2.05) is 10.4 Å². The second-order valence-electron chi connectivity index (χ2n) is 5.95. The van der Waals surface area contributed by atoms with Gasteiger partial charge < -0.3 is 9.64 Å². The summed E-state index contributed by atoms with van der Waals surface area (Å²) in [6.07, 6.45) is 3.82. The Morgan fingerprint density at radius 3 is 2.90 bits per heavy atom. The number of ether oxygens (including phenoxy) is 1. The molecule has 1 unspecified atom stereocenters. The third-order valence-electron chi connectivity index (χ3n) is 4.50. The van der Waals surface area contributed by atoms with Crippen molar-refractivity contribution in [1.82, 2.24) is 14.8 Å². The van der Waals surface area contributed by atoms with Crippen molar-refractivity contribution >= 4 is 17.2 Å². The van der Waals surface area contributed by atoms with Crippen molar-refractivity contribution in [2.75, 3.05) is 26.7 Å². The van der Waals surface area contributed by atoms with Gasteiger partial charge in [-0.2, -0.15) is 0 Å². The first-order chi connectivity index (χ1) is 10.2. The highest BCUT2D eigenvalue weighted by molar-refractivity contribution is 7.07. The lowest BCUT2D eigenvalue weighted by atomic mass is 10.0. The molecule has 21 heavy (non-hydrogen) atoms. The fraction of sp³-hybridized carbons (Fsp3) is 0.733. The van der Waals surface area contributed by atoms with E-state index in [9.17, 15) is 4.79 Å². The Bertz CT molecular complexity index is 451. The van der Waals surface area contributed by atoms with Gasteiger partial charge in [0.2, 0.25) is 0 Å². The van der Waals surface area contributed by atoms with Crippen LogP contribution < -0.4 is 0 Å². The minimum absolute atomic E-state index is 0.172. The molecule has 5 nitrogen and oxygen atoms in total. The van der Waals surface area contributed by atoms with Crippen LogP contribution in [0.2, 0.25) is 0 Å². The number of carbonyl (C=O) groups is 1. The Hall–Kier alpha value is -0.980. The molecule has 3 heterocycles. The molecule has 0 aliphatic carbocycles. The summed E-state index contributed by atoms with van der Waals surface area (Å²) >= 11 is 1.64. The van der Waals surface area contributed by atoms with Crippen LogP contribution >= 0.6 is 11.3 Å². The molecule has 1 atom stereocenters. The summed E-state index contributed by atoms with van der Waals surface area (Å²) in [6.45, 7) is 3.34. The van der Waals surface area contributed by atoms with Crippen molar-refractivity contribution in [3.05, 3.63) is 16.6 Å². The lowest BCUT2D eigenvalue weighted by Gasteiger charge is -2.37. The summed E-state index contributed by atoms with van der Waals surface area (Å²) in [6, 6.07) is 0.542. The zero-order valence-corrected chi connectivity index (χ0v) is 13.3. The standard InChI is InChI=1S/C15H23N3O2S/c1-17(9-12-10-21-11-16-12)13-4-6-18(7-5-13)15(19)14-3-2-8-20-14/h10-11,13-14H,2-9H2,1H3. The van der Waals surface area contributed by atoms with Crippen LogP contribution in [0.1, 0.15) is 31.4 Å². The summed E-state index contributed by atoms with van der Waals surface area (Å²) in [5, 5.41) is 2.10. The zero-order valence-electron chi connectivity index (χ0n) is 12.5. The molecule has 116 valence electrons. The molecule has 1 aromatic rings. The average molecular weight is 309 g/mol. The minimum Gasteiger partial charge on any atom is -0.368 e. The zero-order chi connectivity index (χ0) is 14.7. The van der Waals surface area contributed by atoms with E-state index in [-0.39, 0.29) is 12.0 Å². The van der Waals surface area contributed by atoms with Gasteiger partial charge in [0.1, 0.15) is 6.10 Å². The van der Waals surface area contributed by atoms with Gasteiger partial charge in [0.05, 0.1) is 11.2 Å². The highest BCUT2D eigenvalue weighted by Crippen LogP contribution is 2.21. The Morgan fingerprint density at radius 2 is 2.29 bits per heavy atom. The third kappa shape index (κ3) is 3.62. The van der Waals surface area contributed by atoms with Gasteiger partial charge in [-0.25, -0.2) is 4.98 Å². The van der Waals surface area contributed by atoms with Crippen molar-refractivity contribution in [1.29, 1.82) is 0 Å². The largest absolute Gasteiger partial charge is 0.368 e. The van der Waals surface area contributed by atoms with E-state index < -0.39 is 0 Å². The van der Waals surface area contributed by atoms with Crippen molar-refractivity contribution < 1.29 is 9.53 Å². The second kappa shape index (κ2) is 6.85. The molecule has 2 fully saturated rings. The lowest BCUT2D eigenvalue weighted by Crippen LogP contribution is -2.48. The van der Waals surface area contributed by atoms with Crippen molar-refractivity contribution in [2.45, 2.75) is 44.4 Å². The fourth-order valence-electron chi connectivity index (χ4n) is 3.20. The number of aromatic nitrogens is 1. The predicted molar refractivity (Wildman–Crippen MR) is 82.2 cm³/mol. The Morgan fingerprint density at radius 1 is 1.48 bits per heavy atom. The highest BCUT2D eigenvalue weighted by atomic mass is 32.1. The molecule has 0 radical (unpaired) electrons. The van der Waals surface area contributed by atoms with Crippen LogP contribution in [0, 0.1) is 0 Å². The van der Waals surface area contributed by atoms with E-state index in [1.165, 1.54) is 0 Å². The van der Waals surface area contributed by atoms with Crippen molar-refractivity contribution in [3.8, 4) is 0 Å². The monoisotopic (exact) mass is 309 g/mol. The van der Waals surface area contributed by atoms with E-state index in [4.69, 9.17) is 4.74 Å². The number of piperidine rings is 1. The number of nitrogens with zero attached hydrogens (tertiary/aromatic N) is 3. The highest BCUT2D eigenvalue weighted by Gasteiger charge is 2.31. The van der Waals surface area contributed by atoms with Gasteiger partial charge in [0, 0.05) is 37.7 Å². The van der Waals surface area contributed by atoms with Crippen molar-refractivity contribution in [3.63, 3.8) is 0 Å². The molecule has 0 saturated carbocycles. The molecule has 1 amide bonds. The molecule has 3 rings (SSSR count). The SMILES string of the molecule is CN(Cc1cscn1)C1CCN(C(=O)C2CCCO2)CC1. The minimum atomic E-state index is -0.172. The summed E-state index contributed by atoms with van der Waals surface area (Å²) in [4.78, 5) is 21.0. The number of likely N-dealkylation sites (tertiary alicyclic amines) is 1. The Kier molecular flexibility index (Phi) is 4.87. The molecular formula is C15H23N3O2S. The van der Waals surface area contributed by atoms with Crippen LogP contribution in [0.5, 0.6) is 0 Å². The number of rotatable bonds is 4. The molecule has 0 spiro atoms. The molecule has 2 aliphatic rings. The van der Waals surface area contributed by atoms with Crippen LogP contribution in [0.25, 0.3) is 0 Å². The second-order valence-corrected chi connectivity index (χ2v) is 6.67. The summed E-state index contributed by atoms with van der Waals surface area (Å²) < 4.78 is 5.50. The van der Waals surface area contributed by atoms with Gasteiger partial charge in [0.15, 0.2) is 0 Å². The summed E-state index contributed by atoms with van der Waals surface area (Å²) in [7, 11) is 2.15. The van der Waals surface area contributed by atoms with Gasteiger partial charge >= 0.3 is 0 Å².